The van der Waals surface area contributed by atoms with Gasteiger partial charge >= 0.3 is 0 Å². The van der Waals surface area contributed by atoms with Crippen LogP contribution in [0.4, 0.5) is 5.69 Å². The van der Waals surface area contributed by atoms with E-state index < -0.39 is 0 Å². The highest BCUT2D eigenvalue weighted by Crippen LogP contribution is 2.29. The van der Waals surface area contributed by atoms with Gasteiger partial charge in [0.2, 0.25) is 0 Å². The summed E-state index contributed by atoms with van der Waals surface area (Å²) in [6.07, 6.45) is 10.5. The van der Waals surface area contributed by atoms with Crippen LogP contribution >= 0.6 is 0 Å². The van der Waals surface area contributed by atoms with Crippen molar-refractivity contribution in [1.29, 1.82) is 0 Å². The molecule has 30 heavy (non-hydrogen) atoms. The van der Waals surface area contributed by atoms with E-state index >= 15 is 0 Å². The fraction of sp³-hybridized carbons (Fsp3) is 0.667. The third kappa shape index (κ3) is 4.00. The topological polar surface area (TPSA) is 44.6 Å². The van der Waals surface area contributed by atoms with Crippen molar-refractivity contribution >= 4 is 16.6 Å². The molecule has 2 aromatic rings. The van der Waals surface area contributed by atoms with E-state index in [0.717, 1.165) is 56.0 Å². The quantitative estimate of drug-likeness (QED) is 0.776. The normalized spacial score (nSPS) is 24.7. The molecule has 2 aliphatic heterocycles. The predicted octanol–water partition coefficient (Wildman–Crippen LogP) is 3.12. The van der Waals surface area contributed by atoms with Gasteiger partial charge < -0.3 is 9.80 Å². The van der Waals surface area contributed by atoms with Crippen molar-refractivity contribution in [2.24, 2.45) is 0 Å². The minimum atomic E-state index is 0.125. The maximum atomic E-state index is 13.0. The molecular formula is C24H35N5O. The maximum absolute atomic E-state index is 13.0. The molecule has 0 bridgehead atoms. The molecule has 3 aliphatic rings. The van der Waals surface area contributed by atoms with Crippen molar-refractivity contribution in [3.8, 4) is 0 Å². The molecule has 1 atom stereocenters. The number of rotatable bonds is 4. The lowest BCUT2D eigenvalue weighted by Crippen LogP contribution is -2.51. The summed E-state index contributed by atoms with van der Waals surface area (Å²) < 4.78 is 1.87. The predicted molar refractivity (Wildman–Crippen MR) is 122 cm³/mol. The number of piperazine rings is 1. The van der Waals surface area contributed by atoms with E-state index in [1.54, 1.807) is 6.33 Å². The molecule has 3 fully saturated rings. The zero-order chi connectivity index (χ0) is 20.5. The number of benzene rings is 1. The number of hydrogen-bond donors (Lipinski definition) is 0. The van der Waals surface area contributed by atoms with Crippen molar-refractivity contribution in [3.05, 3.63) is 34.9 Å². The van der Waals surface area contributed by atoms with Crippen LogP contribution in [0.1, 0.15) is 51.0 Å². The number of nitrogens with zero attached hydrogens (tertiary/aromatic N) is 5. The van der Waals surface area contributed by atoms with Gasteiger partial charge in [-0.15, -0.1) is 0 Å². The van der Waals surface area contributed by atoms with Crippen LogP contribution in [0.15, 0.2) is 29.3 Å². The van der Waals surface area contributed by atoms with Crippen LogP contribution in [0, 0.1) is 0 Å². The van der Waals surface area contributed by atoms with E-state index in [9.17, 15) is 4.79 Å². The highest BCUT2D eigenvalue weighted by Gasteiger charge is 2.25. The van der Waals surface area contributed by atoms with Crippen LogP contribution in [0.5, 0.6) is 0 Å². The molecule has 0 amide bonds. The molecule has 6 nitrogen and oxygen atoms in total. The Labute approximate surface area is 179 Å². The average Bonchev–Trinajstić information content (AvgIpc) is 3.31. The van der Waals surface area contributed by atoms with Gasteiger partial charge in [0.05, 0.1) is 17.2 Å². The van der Waals surface area contributed by atoms with Gasteiger partial charge in [-0.05, 0) is 57.5 Å². The first kappa shape index (κ1) is 20.0. The lowest BCUT2D eigenvalue weighted by atomic mass is 10.0. The number of anilines is 1. The fourth-order valence-electron chi connectivity index (χ4n) is 5.62. The van der Waals surface area contributed by atoms with Crippen LogP contribution < -0.4 is 10.5 Å². The molecule has 2 saturated heterocycles. The molecule has 0 spiro atoms. The standard InChI is InChI=1S/C24H35N5O/c1-26-11-5-4-8-21(26)17-27-12-14-28(15-13-27)20-9-10-22-23(16-20)25-18-29(24(22)30)19-6-2-3-7-19/h9-10,16,18-19,21H,2-8,11-15,17H2,1H3. The first-order valence-electron chi connectivity index (χ1n) is 11.9. The van der Waals surface area contributed by atoms with Gasteiger partial charge in [-0.3, -0.25) is 14.3 Å². The Bertz CT molecular complexity index is 927. The summed E-state index contributed by atoms with van der Waals surface area (Å²) in [7, 11) is 2.28. The zero-order valence-corrected chi connectivity index (χ0v) is 18.3. The Morgan fingerprint density at radius 1 is 0.967 bits per heavy atom. The van der Waals surface area contributed by atoms with Crippen molar-refractivity contribution in [2.75, 3.05) is 51.2 Å². The minimum Gasteiger partial charge on any atom is -0.369 e. The number of fused-ring (bicyclic) bond motifs is 1. The largest absolute Gasteiger partial charge is 0.369 e. The molecule has 0 N–H and O–H groups in total. The zero-order valence-electron chi connectivity index (χ0n) is 18.3. The maximum Gasteiger partial charge on any atom is 0.261 e. The second-order valence-electron chi connectivity index (χ2n) is 9.51. The van der Waals surface area contributed by atoms with E-state index in [4.69, 9.17) is 0 Å². The van der Waals surface area contributed by atoms with Crippen molar-refractivity contribution < 1.29 is 0 Å². The average molecular weight is 410 g/mol. The van der Waals surface area contributed by atoms with Gasteiger partial charge in [0.25, 0.3) is 5.56 Å². The molecule has 162 valence electrons. The molecule has 1 saturated carbocycles. The Kier molecular flexibility index (Phi) is 5.79. The highest BCUT2D eigenvalue weighted by molar-refractivity contribution is 5.81. The molecule has 6 heteroatoms. The van der Waals surface area contributed by atoms with Crippen LogP contribution in [0.25, 0.3) is 10.9 Å². The Hall–Kier alpha value is -1.92. The monoisotopic (exact) mass is 409 g/mol. The molecule has 1 aromatic carbocycles. The van der Waals surface area contributed by atoms with Gasteiger partial charge in [0, 0.05) is 50.5 Å². The first-order valence-corrected chi connectivity index (χ1v) is 11.9. The van der Waals surface area contributed by atoms with Gasteiger partial charge in [-0.25, -0.2) is 4.98 Å². The molecular weight excluding hydrogens is 374 g/mol. The summed E-state index contributed by atoms with van der Waals surface area (Å²) in [5.41, 5.74) is 2.15. The molecule has 1 unspecified atom stereocenters. The first-order chi connectivity index (χ1) is 14.7. The summed E-state index contributed by atoms with van der Waals surface area (Å²) in [5, 5.41) is 0.757. The van der Waals surface area contributed by atoms with Crippen LogP contribution in [-0.2, 0) is 0 Å². The van der Waals surface area contributed by atoms with Gasteiger partial charge in [0.1, 0.15) is 0 Å². The van der Waals surface area contributed by atoms with Gasteiger partial charge in [-0.2, -0.15) is 0 Å². The van der Waals surface area contributed by atoms with E-state index in [-0.39, 0.29) is 5.56 Å². The van der Waals surface area contributed by atoms with E-state index in [1.807, 2.05) is 10.6 Å². The van der Waals surface area contributed by atoms with E-state index in [2.05, 4.69) is 38.9 Å². The third-order valence-electron chi connectivity index (χ3n) is 7.61. The number of aromatic nitrogens is 2. The SMILES string of the molecule is CN1CCCCC1CN1CCN(c2ccc3c(=O)n(C4CCCC4)cnc3c2)CC1. The van der Waals surface area contributed by atoms with Crippen LogP contribution in [-0.4, -0.2) is 71.7 Å². The molecule has 0 radical (unpaired) electrons. The van der Waals surface area contributed by atoms with Gasteiger partial charge in [0.15, 0.2) is 0 Å². The summed E-state index contributed by atoms with van der Waals surface area (Å²) in [6, 6.07) is 7.28. The summed E-state index contributed by atoms with van der Waals surface area (Å²) in [4.78, 5) is 25.2. The molecule has 1 aromatic heterocycles. The smallest absolute Gasteiger partial charge is 0.261 e. The minimum absolute atomic E-state index is 0.125. The Morgan fingerprint density at radius 2 is 1.73 bits per heavy atom. The number of likely N-dealkylation sites (N-methyl/N-ethyl adjacent to an activating group) is 1. The third-order valence-corrected chi connectivity index (χ3v) is 7.61. The highest BCUT2D eigenvalue weighted by atomic mass is 16.1. The lowest BCUT2D eigenvalue weighted by molar-refractivity contribution is 0.125. The Morgan fingerprint density at radius 3 is 2.50 bits per heavy atom. The van der Waals surface area contributed by atoms with E-state index in [0.29, 0.717) is 6.04 Å². The summed E-state index contributed by atoms with van der Waals surface area (Å²) in [6.45, 7) is 6.75. The second-order valence-corrected chi connectivity index (χ2v) is 9.51. The Balaban J connectivity index is 1.25. The fourth-order valence-corrected chi connectivity index (χ4v) is 5.62. The number of piperidine rings is 1. The van der Waals surface area contributed by atoms with Crippen molar-refractivity contribution in [1.82, 2.24) is 19.4 Å². The number of hydrogen-bond acceptors (Lipinski definition) is 5. The van der Waals surface area contributed by atoms with Crippen molar-refractivity contribution in [2.45, 2.75) is 57.0 Å². The molecule has 3 heterocycles. The lowest BCUT2D eigenvalue weighted by Gasteiger charge is -2.40. The second kappa shape index (κ2) is 8.67. The van der Waals surface area contributed by atoms with Crippen LogP contribution in [0.3, 0.4) is 0 Å². The van der Waals surface area contributed by atoms with Gasteiger partial charge in [-0.1, -0.05) is 19.3 Å². The summed E-state index contributed by atoms with van der Waals surface area (Å²) in [5.74, 6) is 0. The number of likely N-dealkylation sites (tertiary alicyclic amines) is 1. The van der Waals surface area contributed by atoms with E-state index in [1.165, 1.54) is 50.9 Å². The molecule has 1 aliphatic carbocycles. The van der Waals surface area contributed by atoms with Crippen LogP contribution in [0.2, 0.25) is 0 Å². The van der Waals surface area contributed by atoms with Crippen molar-refractivity contribution in [3.63, 3.8) is 0 Å². The summed E-state index contributed by atoms with van der Waals surface area (Å²) >= 11 is 0. The molecule has 5 rings (SSSR count).